The molecule has 27 heavy (non-hydrogen) atoms. The third kappa shape index (κ3) is 4.33. The molecule has 8 nitrogen and oxygen atoms in total. The molecule has 3 rings (SSSR count). The van der Waals surface area contributed by atoms with E-state index in [-0.39, 0.29) is 17.2 Å². The smallest absolute Gasteiger partial charge is 0.359 e. The number of esters is 1. The minimum Gasteiger partial charge on any atom is -0.448 e. The number of hydrogen-bond donors (Lipinski definition) is 0. The first-order chi connectivity index (χ1) is 13.0. The summed E-state index contributed by atoms with van der Waals surface area (Å²) >= 11 is 0. The van der Waals surface area contributed by atoms with Gasteiger partial charge in [0, 0.05) is 45.0 Å². The maximum Gasteiger partial charge on any atom is 0.359 e. The fourth-order valence-corrected chi connectivity index (χ4v) is 2.96. The van der Waals surface area contributed by atoms with E-state index in [1.165, 1.54) is 19.2 Å². The van der Waals surface area contributed by atoms with Crippen molar-refractivity contribution in [2.24, 2.45) is 7.05 Å². The fourth-order valence-electron chi connectivity index (χ4n) is 2.96. The van der Waals surface area contributed by atoms with E-state index in [1.54, 1.807) is 11.8 Å². The standard InChI is InChI=1S/C19H22N4O4/c1-14(27-19(26)16-8-9-17(24)21(2)20-16)18(25)23-12-10-22(11-13-23)15-6-4-3-5-7-15/h3-9,14H,10-13H2,1-2H3. The average Bonchev–Trinajstić information content (AvgIpc) is 2.70. The minimum absolute atomic E-state index is 0.00866. The Balaban J connectivity index is 1.55. The van der Waals surface area contributed by atoms with Crippen LogP contribution in [0, 0.1) is 0 Å². The van der Waals surface area contributed by atoms with Crippen molar-refractivity contribution in [1.82, 2.24) is 14.7 Å². The first-order valence-electron chi connectivity index (χ1n) is 8.80. The van der Waals surface area contributed by atoms with Gasteiger partial charge in [-0.05, 0) is 25.1 Å². The quantitative estimate of drug-likeness (QED) is 0.736. The van der Waals surface area contributed by atoms with E-state index in [1.807, 2.05) is 30.3 Å². The lowest BCUT2D eigenvalue weighted by molar-refractivity contribution is -0.140. The molecule has 2 aromatic rings. The van der Waals surface area contributed by atoms with Crippen LogP contribution in [0.4, 0.5) is 5.69 Å². The van der Waals surface area contributed by atoms with Crippen LogP contribution in [0.25, 0.3) is 0 Å². The number of para-hydroxylation sites is 1. The number of benzene rings is 1. The maximum absolute atomic E-state index is 12.6. The van der Waals surface area contributed by atoms with Crippen LogP contribution in [0.1, 0.15) is 17.4 Å². The van der Waals surface area contributed by atoms with Crippen LogP contribution >= 0.6 is 0 Å². The fraction of sp³-hybridized carbons (Fsp3) is 0.368. The minimum atomic E-state index is -0.917. The third-order valence-corrected chi connectivity index (χ3v) is 4.51. The molecule has 1 saturated heterocycles. The number of aryl methyl sites for hydroxylation is 1. The van der Waals surface area contributed by atoms with Crippen molar-refractivity contribution in [3.8, 4) is 0 Å². The molecule has 0 saturated carbocycles. The number of piperazine rings is 1. The highest BCUT2D eigenvalue weighted by molar-refractivity contribution is 5.90. The molecule has 1 aliphatic heterocycles. The van der Waals surface area contributed by atoms with Gasteiger partial charge in [0.2, 0.25) is 0 Å². The Bertz CT molecular complexity index is 873. The second-order valence-corrected chi connectivity index (χ2v) is 6.38. The van der Waals surface area contributed by atoms with Gasteiger partial charge in [0.1, 0.15) is 0 Å². The normalized spacial score (nSPS) is 15.3. The Morgan fingerprint density at radius 2 is 1.70 bits per heavy atom. The van der Waals surface area contributed by atoms with E-state index in [0.29, 0.717) is 13.1 Å². The lowest BCUT2D eigenvalue weighted by atomic mass is 10.2. The van der Waals surface area contributed by atoms with Crippen molar-refractivity contribution in [1.29, 1.82) is 0 Å². The van der Waals surface area contributed by atoms with E-state index in [0.717, 1.165) is 23.5 Å². The number of nitrogens with zero attached hydrogens (tertiary/aromatic N) is 4. The molecule has 2 heterocycles. The summed E-state index contributed by atoms with van der Waals surface area (Å²) in [5, 5.41) is 3.84. The van der Waals surface area contributed by atoms with Crippen LogP contribution in [-0.4, -0.2) is 58.8 Å². The molecule has 0 radical (unpaired) electrons. The molecule has 1 amide bonds. The number of rotatable bonds is 4. The molecule has 0 N–H and O–H groups in total. The lowest BCUT2D eigenvalue weighted by Gasteiger charge is -2.37. The van der Waals surface area contributed by atoms with E-state index in [4.69, 9.17) is 4.74 Å². The molecular weight excluding hydrogens is 348 g/mol. The zero-order valence-electron chi connectivity index (χ0n) is 15.4. The van der Waals surface area contributed by atoms with Crippen molar-refractivity contribution in [2.45, 2.75) is 13.0 Å². The first kappa shape index (κ1) is 18.6. The molecule has 1 aromatic heterocycles. The van der Waals surface area contributed by atoms with E-state index >= 15 is 0 Å². The first-order valence-corrected chi connectivity index (χ1v) is 8.80. The van der Waals surface area contributed by atoms with Crippen LogP contribution in [-0.2, 0) is 16.6 Å². The average molecular weight is 370 g/mol. The summed E-state index contributed by atoms with van der Waals surface area (Å²) < 4.78 is 6.28. The zero-order valence-corrected chi connectivity index (χ0v) is 15.4. The van der Waals surface area contributed by atoms with Crippen LogP contribution in [0.15, 0.2) is 47.3 Å². The summed E-state index contributed by atoms with van der Waals surface area (Å²) in [5.41, 5.74) is 0.794. The zero-order chi connectivity index (χ0) is 19.4. The van der Waals surface area contributed by atoms with E-state index in [2.05, 4.69) is 10.00 Å². The molecule has 0 bridgehead atoms. The predicted molar refractivity (Wildman–Crippen MR) is 99.6 cm³/mol. The molecule has 1 atom stereocenters. The van der Waals surface area contributed by atoms with Crippen LogP contribution in [0.3, 0.4) is 0 Å². The van der Waals surface area contributed by atoms with Crippen LogP contribution < -0.4 is 10.5 Å². The van der Waals surface area contributed by atoms with Crippen molar-refractivity contribution in [3.05, 3.63) is 58.5 Å². The van der Waals surface area contributed by atoms with Crippen molar-refractivity contribution in [2.75, 3.05) is 31.1 Å². The molecule has 1 aromatic carbocycles. The summed E-state index contributed by atoms with van der Waals surface area (Å²) in [7, 11) is 1.44. The summed E-state index contributed by atoms with van der Waals surface area (Å²) in [6.07, 6.45) is -0.917. The van der Waals surface area contributed by atoms with Crippen molar-refractivity contribution >= 4 is 17.6 Å². The van der Waals surface area contributed by atoms with Crippen molar-refractivity contribution in [3.63, 3.8) is 0 Å². The second-order valence-electron chi connectivity index (χ2n) is 6.38. The molecular formula is C19H22N4O4. The van der Waals surface area contributed by atoms with Gasteiger partial charge >= 0.3 is 5.97 Å². The van der Waals surface area contributed by atoms with Gasteiger partial charge in [0.05, 0.1) is 0 Å². The topological polar surface area (TPSA) is 84.7 Å². The van der Waals surface area contributed by atoms with E-state index < -0.39 is 12.1 Å². The number of hydrogen-bond acceptors (Lipinski definition) is 6. The number of carbonyl (C=O) groups excluding carboxylic acids is 2. The van der Waals surface area contributed by atoms with Gasteiger partial charge in [0.15, 0.2) is 11.8 Å². The molecule has 0 spiro atoms. The third-order valence-electron chi connectivity index (χ3n) is 4.51. The number of aromatic nitrogens is 2. The van der Waals surface area contributed by atoms with Gasteiger partial charge in [-0.25, -0.2) is 9.48 Å². The largest absolute Gasteiger partial charge is 0.448 e. The highest BCUT2D eigenvalue weighted by atomic mass is 16.5. The number of amides is 1. The highest BCUT2D eigenvalue weighted by Crippen LogP contribution is 2.16. The van der Waals surface area contributed by atoms with Crippen LogP contribution in [0.5, 0.6) is 0 Å². The van der Waals surface area contributed by atoms with Gasteiger partial charge in [-0.1, -0.05) is 18.2 Å². The summed E-state index contributed by atoms with van der Waals surface area (Å²) in [6, 6.07) is 12.6. The van der Waals surface area contributed by atoms with Crippen molar-refractivity contribution < 1.29 is 14.3 Å². The summed E-state index contributed by atoms with van der Waals surface area (Å²) in [4.78, 5) is 40.0. The van der Waals surface area contributed by atoms with Gasteiger partial charge in [-0.2, -0.15) is 5.10 Å². The molecule has 142 valence electrons. The molecule has 1 unspecified atom stereocenters. The number of carbonyl (C=O) groups is 2. The molecule has 1 aliphatic rings. The molecule has 1 fully saturated rings. The predicted octanol–water partition coefficient (Wildman–Crippen LogP) is 0.674. The second kappa shape index (κ2) is 8.03. The van der Waals surface area contributed by atoms with Gasteiger partial charge in [-0.15, -0.1) is 0 Å². The van der Waals surface area contributed by atoms with Crippen LogP contribution in [0.2, 0.25) is 0 Å². The summed E-state index contributed by atoms with van der Waals surface area (Å²) in [5.74, 6) is -0.963. The highest BCUT2D eigenvalue weighted by Gasteiger charge is 2.28. The number of anilines is 1. The molecule has 0 aliphatic carbocycles. The Labute approximate surface area is 157 Å². The SMILES string of the molecule is CC(OC(=O)c1ccc(=O)n(C)n1)C(=O)N1CCN(c2ccccc2)CC1. The monoisotopic (exact) mass is 370 g/mol. The summed E-state index contributed by atoms with van der Waals surface area (Å²) in [6.45, 7) is 4.12. The maximum atomic E-state index is 12.6. The number of ether oxygens (including phenoxy) is 1. The molecule has 8 heteroatoms. The lowest BCUT2D eigenvalue weighted by Crippen LogP contribution is -2.51. The Kier molecular flexibility index (Phi) is 5.54. The van der Waals surface area contributed by atoms with E-state index in [9.17, 15) is 14.4 Å². The Hall–Kier alpha value is -3.16. The Morgan fingerprint density at radius 3 is 2.33 bits per heavy atom. The van der Waals surface area contributed by atoms with Gasteiger partial charge in [-0.3, -0.25) is 9.59 Å². The Morgan fingerprint density at radius 1 is 1.04 bits per heavy atom. The van der Waals surface area contributed by atoms with Gasteiger partial charge < -0.3 is 14.5 Å². The van der Waals surface area contributed by atoms with Gasteiger partial charge in [0.25, 0.3) is 11.5 Å².